The summed E-state index contributed by atoms with van der Waals surface area (Å²) < 4.78 is 5.41. The molecule has 0 aliphatic carbocycles. The van der Waals surface area contributed by atoms with Crippen LogP contribution in [0.3, 0.4) is 0 Å². The largest absolute Gasteiger partial charge is 0.569 e. The van der Waals surface area contributed by atoms with E-state index in [-0.39, 0.29) is 5.75 Å². The molecule has 0 saturated heterocycles. The number of phenols is 1. The lowest BCUT2D eigenvalue weighted by Gasteiger charge is -2.19. The smallest absolute Gasteiger partial charge is 0.535 e. The fourth-order valence-electron chi connectivity index (χ4n) is 3.67. The van der Waals surface area contributed by atoms with Crippen molar-refractivity contribution in [1.29, 1.82) is 0 Å². The SMILES string of the molecule is O[B]Oc1c(O)c(Cc2ccccc2)c2ccccc2c1Cc1ccccc1. The molecular weight excluding hydrogens is 347 g/mol. The third-order valence-corrected chi connectivity index (χ3v) is 4.97. The van der Waals surface area contributed by atoms with Crippen LogP contribution in [0.1, 0.15) is 22.3 Å². The van der Waals surface area contributed by atoms with Gasteiger partial charge in [-0.3, -0.25) is 0 Å². The van der Waals surface area contributed by atoms with E-state index in [2.05, 4.69) is 0 Å². The Morgan fingerprint density at radius 3 is 1.64 bits per heavy atom. The van der Waals surface area contributed by atoms with Gasteiger partial charge in [0.15, 0.2) is 5.75 Å². The van der Waals surface area contributed by atoms with E-state index in [1.807, 2.05) is 84.9 Å². The standard InChI is InChI=1S/C24H20BO3/c26-23-21(15-17-9-3-1-4-10-17)19-13-7-8-14-20(19)22(24(23)28-25-27)16-18-11-5-2-6-12-18/h1-14,26-27H,15-16H2. The Kier molecular flexibility index (Phi) is 5.31. The van der Waals surface area contributed by atoms with Crippen LogP contribution in [0.4, 0.5) is 0 Å². The number of phenolic OH excluding ortho intramolecular Hbond substituents is 1. The predicted octanol–water partition coefficient (Wildman–Crippen LogP) is 4.63. The molecule has 3 nitrogen and oxygen atoms in total. The maximum Gasteiger partial charge on any atom is 0.569 e. The van der Waals surface area contributed by atoms with Crippen LogP contribution in [-0.2, 0) is 12.8 Å². The highest BCUT2D eigenvalue weighted by Crippen LogP contribution is 2.43. The van der Waals surface area contributed by atoms with Crippen LogP contribution >= 0.6 is 0 Å². The predicted molar refractivity (Wildman–Crippen MR) is 113 cm³/mol. The molecule has 137 valence electrons. The molecule has 2 N–H and O–H groups in total. The summed E-state index contributed by atoms with van der Waals surface area (Å²) >= 11 is 0. The fraction of sp³-hybridized carbons (Fsp3) is 0.0833. The van der Waals surface area contributed by atoms with Crippen molar-refractivity contribution in [2.75, 3.05) is 0 Å². The van der Waals surface area contributed by atoms with E-state index in [0.717, 1.165) is 33.0 Å². The van der Waals surface area contributed by atoms with Crippen LogP contribution in [0.15, 0.2) is 84.9 Å². The van der Waals surface area contributed by atoms with Crippen molar-refractivity contribution in [3.63, 3.8) is 0 Å². The highest BCUT2D eigenvalue weighted by atomic mass is 16.5. The number of hydrogen-bond donors (Lipinski definition) is 2. The maximum absolute atomic E-state index is 11.1. The molecule has 0 aliphatic heterocycles. The van der Waals surface area contributed by atoms with Crippen molar-refractivity contribution in [2.45, 2.75) is 12.8 Å². The molecule has 0 spiro atoms. The zero-order valence-corrected chi connectivity index (χ0v) is 15.4. The van der Waals surface area contributed by atoms with Crippen LogP contribution in [0.25, 0.3) is 10.8 Å². The first-order valence-corrected chi connectivity index (χ1v) is 9.23. The van der Waals surface area contributed by atoms with Crippen molar-refractivity contribution in [2.24, 2.45) is 0 Å². The van der Waals surface area contributed by atoms with Gasteiger partial charge in [-0.05, 0) is 21.9 Å². The Morgan fingerprint density at radius 2 is 1.11 bits per heavy atom. The number of aromatic hydroxyl groups is 1. The summed E-state index contributed by atoms with van der Waals surface area (Å²) in [5, 5.41) is 22.4. The zero-order chi connectivity index (χ0) is 19.3. The average molecular weight is 367 g/mol. The van der Waals surface area contributed by atoms with Gasteiger partial charge in [-0.15, -0.1) is 0 Å². The second kappa shape index (κ2) is 8.20. The van der Waals surface area contributed by atoms with Gasteiger partial charge in [-0.2, -0.15) is 0 Å². The molecule has 0 aromatic heterocycles. The van der Waals surface area contributed by atoms with Gasteiger partial charge >= 0.3 is 7.69 Å². The quantitative estimate of drug-likeness (QED) is 0.489. The van der Waals surface area contributed by atoms with E-state index in [9.17, 15) is 10.1 Å². The average Bonchev–Trinajstić information content (AvgIpc) is 2.75. The van der Waals surface area contributed by atoms with Gasteiger partial charge in [0.05, 0.1) is 0 Å². The van der Waals surface area contributed by atoms with Crippen LogP contribution in [0, 0.1) is 0 Å². The molecule has 4 heteroatoms. The lowest BCUT2D eigenvalue weighted by Crippen LogP contribution is -2.06. The van der Waals surface area contributed by atoms with Gasteiger partial charge in [0.1, 0.15) is 5.75 Å². The van der Waals surface area contributed by atoms with E-state index in [0.29, 0.717) is 26.3 Å². The lowest BCUT2D eigenvalue weighted by atomic mass is 9.90. The second-order valence-electron chi connectivity index (χ2n) is 6.73. The molecule has 0 bridgehead atoms. The lowest BCUT2D eigenvalue weighted by molar-refractivity contribution is 0.406. The zero-order valence-electron chi connectivity index (χ0n) is 15.4. The van der Waals surface area contributed by atoms with E-state index in [1.54, 1.807) is 0 Å². The first-order chi connectivity index (χ1) is 13.8. The highest BCUT2D eigenvalue weighted by Gasteiger charge is 2.20. The van der Waals surface area contributed by atoms with E-state index in [4.69, 9.17) is 4.65 Å². The van der Waals surface area contributed by atoms with Gasteiger partial charge in [-0.25, -0.2) is 0 Å². The Labute approximate surface area is 165 Å². The maximum atomic E-state index is 11.1. The Balaban J connectivity index is 1.91. The molecular formula is C24H20BO3. The minimum Gasteiger partial charge on any atom is -0.535 e. The Bertz CT molecular complexity index is 1080. The first kappa shape index (κ1) is 18.1. The van der Waals surface area contributed by atoms with E-state index < -0.39 is 0 Å². The van der Waals surface area contributed by atoms with Gasteiger partial charge < -0.3 is 14.8 Å². The van der Waals surface area contributed by atoms with Crippen LogP contribution in [0.5, 0.6) is 11.5 Å². The molecule has 0 aliphatic rings. The summed E-state index contributed by atoms with van der Waals surface area (Å²) in [5.41, 5.74) is 3.83. The van der Waals surface area contributed by atoms with Gasteiger partial charge in [0, 0.05) is 24.0 Å². The summed E-state index contributed by atoms with van der Waals surface area (Å²) in [6.45, 7) is 0. The van der Waals surface area contributed by atoms with Crippen LogP contribution in [-0.4, -0.2) is 17.8 Å². The number of benzene rings is 4. The molecule has 0 atom stereocenters. The molecule has 1 radical (unpaired) electrons. The molecule has 4 rings (SSSR count). The highest BCUT2D eigenvalue weighted by molar-refractivity contribution is 6.17. The van der Waals surface area contributed by atoms with Crippen molar-refractivity contribution in [1.82, 2.24) is 0 Å². The van der Waals surface area contributed by atoms with E-state index >= 15 is 0 Å². The van der Waals surface area contributed by atoms with Crippen LogP contribution < -0.4 is 4.65 Å². The molecule has 0 fully saturated rings. The first-order valence-electron chi connectivity index (χ1n) is 9.23. The molecule has 0 heterocycles. The number of rotatable bonds is 6. The summed E-state index contributed by atoms with van der Waals surface area (Å²) in [7, 11) is 0.630. The molecule has 0 saturated carbocycles. The molecule has 4 aromatic rings. The molecule has 0 amide bonds. The third kappa shape index (κ3) is 3.60. The second-order valence-corrected chi connectivity index (χ2v) is 6.73. The van der Waals surface area contributed by atoms with Gasteiger partial charge in [0.2, 0.25) is 0 Å². The van der Waals surface area contributed by atoms with Crippen molar-refractivity contribution >= 4 is 18.5 Å². The summed E-state index contributed by atoms with van der Waals surface area (Å²) in [5.74, 6) is 0.370. The summed E-state index contributed by atoms with van der Waals surface area (Å²) in [6.07, 6.45) is 1.16. The summed E-state index contributed by atoms with van der Waals surface area (Å²) in [4.78, 5) is 0. The number of fused-ring (bicyclic) bond motifs is 1. The minimum atomic E-state index is 0.0683. The van der Waals surface area contributed by atoms with Crippen molar-refractivity contribution < 1.29 is 14.8 Å². The van der Waals surface area contributed by atoms with Gasteiger partial charge in [0.25, 0.3) is 0 Å². The van der Waals surface area contributed by atoms with E-state index in [1.165, 1.54) is 0 Å². The molecule has 28 heavy (non-hydrogen) atoms. The minimum absolute atomic E-state index is 0.0683. The topological polar surface area (TPSA) is 49.7 Å². The van der Waals surface area contributed by atoms with Crippen LogP contribution in [0.2, 0.25) is 0 Å². The Hall–Kier alpha value is -3.24. The Morgan fingerprint density at radius 1 is 0.643 bits per heavy atom. The third-order valence-electron chi connectivity index (χ3n) is 4.97. The fourth-order valence-corrected chi connectivity index (χ4v) is 3.67. The summed E-state index contributed by atoms with van der Waals surface area (Å²) in [6, 6.07) is 28.0. The molecule has 0 unspecified atom stereocenters. The normalized spacial score (nSPS) is 10.8. The number of hydrogen-bond acceptors (Lipinski definition) is 3. The van der Waals surface area contributed by atoms with Crippen molar-refractivity contribution in [3.8, 4) is 11.5 Å². The van der Waals surface area contributed by atoms with Crippen molar-refractivity contribution in [3.05, 3.63) is 107 Å². The monoisotopic (exact) mass is 367 g/mol. The molecule has 4 aromatic carbocycles. The van der Waals surface area contributed by atoms with Gasteiger partial charge in [-0.1, -0.05) is 84.9 Å².